The van der Waals surface area contributed by atoms with Crippen LogP contribution in [-0.4, -0.2) is 22.2 Å². The number of anilines is 1. The summed E-state index contributed by atoms with van der Waals surface area (Å²) in [7, 11) is 0. The van der Waals surface area contributed by atoms with Crippen molar-refractivity contribution in [2.75, 3.05) is 5.32 Å². The van der Waals surface area contributed by atoms with E-state index in [-0.39, 0.29) is 18.2 Å². The van der Waals surface area contributed by atoms with E-state index in [1.807, 2.05) is 37.3 Å². The van der Waals surface area contributed by atoms with Crippen molar-refractivity contribution in [2.45, 2.75) is 25.1 Å². The van der Waals surface area contributed by atoms with Crippen molar-refractivity contribution < 1.29 is 9.59 Å². The van der Waals surface area contributed by atoms with Crippen molar-refractivity contribution in [1.82, 2.24) is 5.32 Å². The Balaban J connectivity index is 1.57. The first-order valence-electron chi connectivity index (χ1n) is 8.14. The van der Waals surface area contributed by atoms with Crippen LogP contribution in [0.4, 0.5) is 5.69 Å². The highest BCUT2D eigenvalue weighted by Crippen LogP contribution is 2.26. The summed E-state index contributed by atoms with van der Waals surface area (Å²) in [4.78, 5) is 28.8. The van der Waals surface area contributed by atoms with Crippen LogP contribution >= 0.6 is 23.4 Å². The van der Waals surface area contributed by atoms with E-state index in [9.17, 15) is 9.59 Å². The molecular weight excluding hydrogens is 370 g/mol. The van der Waals surface area contributed by atoms with Gasteiger partial charge in [-0.25, -0.2) is 0 Å². The molecule has 1 unspecified atom stereocenters. The van der Waals surface area contributed by atoms with Crippen LogP contribution in [0.3, 0.4) is 0 Å². The first kappa shape index (κ1) is 18.5. The van der Waals surface area contributed by atoms with Crippen LogP contribution in [0, 0.1) is 6.92 Å². The number of thioether (sulfide) groups is 1. The molecular formula is C19H18ClN3O2S. The summed E-state index contributed by atoms with van der Waals surface area (Å²) in [6.07, 6.45) is 0.0762. The molecule has 134 valence electrons. The molecule has 1 aliphatic heterocycles. The Labute approximate surface area is 161 Å². The van der Waals surface area contributed by atoms with E-state index in [1.165, 1.54) is 11.8 Å². The highest BCUT2D eigenvalue weighted by atomic mass is 35.5. The molecule has 1 atom stereocenters. The monoisotopic (exact) mass is 387 g/mol. The molecule has 2 aromatic carbocycles. The molecule has 5 nitrogen and oxygen atoms in total. The Morgan fingerprint density at radius 3 is 2.77 bits per heavy atom. The number of nitrogens with one attached hydrogen (secondary N) is 2. The third kappa shape index (κ3) is 4.65. The van der Waals surface area contributed by atoms with E-state index in [1.54, 1.807) is 18.2 Å². The number of hydrogen-bond donors (Lipinski definition) is 2. The first-order valence-corrected chi connectivity index (χ1v) is 9.39. The molecule has 0 radical (unpaired) electrons. The van der Waals surface area contributed by atoms with E-state index < -0.39 is 5.25 Å². The van der Waals surface area contributed by atoms with E-state index >= 15 is 0 Å². The molecule has 0 spiro atoms. The molecule has 0 saturated carbocycles. The number of aliphatic imine (C=N–C) groups is 1. The second-order valence-electron chi connectivity index (χ2n) is 5.87. The maximum absolute atomic E-state index is 12.3. The van der Waals surface area contributed by atoms with E-state index in [0.717, 1.165) is 11.1 Å². The van der Waals surface area contributed by atoms with Crippen LogP contribution in [0.15, 0.2) is 53.5 Å². The van der Waals surface area contributed by atoms with Gasteiger partial charge in [0.1, 0.15) is 5.25 Å². The standard InChI is InChI=1S/C19H18ClN3O2S/c1-12-14(20)8-5-9-15(12)22-17(24)10-16-18(25)23-19(26-16)21-11-13-6-3-2-4-7-13/h2-9,16H,10-11H2,1H3,(H,22,24)(H,21,23,25). The summed E-state index contributed by atoms with van der Waals surface area (Å²) < 4.78 is 0. The lowest BCUT2D eigenvalue weighted by atomic mass is 10.2. The average Bonchev–Trinajstić information content (AvgIpc) is 2.97. The van der Waals surface area contributed by atoms with Crippen LogP contribution < -0.4 is 10.6 Å². The molecule has 2 aromatic rings. The Morgan fingerprint density at radius 1 is 1.23 bits per heavy atom. The largest absolute Gasteiger partial charge is 0.326 e. The van der Waals surface area contributed by atoms with E-state index in [0.29, 0.717) is 22.4 Å². The Hall–Kier alpha value is -2.31. The maximum Gasteiger partial charge on any atom is 0.240 e. The van der Waals surface area contributed by atoms with Gasteiger partial charge in [-0.3, -0.25) is 14.6 Å². The smallest absolute Gasteiger partial charge is 0.240 e. The van der Waals surface area contributed by atoms with Crippen molar-refractivity contribution in [2.24, 2.45) is 4.99 Å². The molecule has 2 N–H and O–H groups in total. The van der Waals surface area contributed by atoms with Gasteiger partial charge in [-0.05, 0) is 30.2 Å². The highest BCUT2D eigenvalue weighted by Gasteiger charge is 2.32. The van der Waals surface area contributed by atoms with Crippen molar-refractivity contribution in [3.8, 4) is 0 Å². The van der Waals surface area contributed by atoms with Crippen molar-refractivity contribution in [1.29, 1.82) is 0 Å². The molecule has 0 aromatic heterocycles. The predicted octanol–water partition coefficient (Wildman–Crippen LogP) is 3.76. The Bertz CT molecular complexity index is 855. The molecule has 1 fully saturated rings. The van der Waals surface area contributed by atoms with Crippen molar-refractivity contribution >= 4 is 46.0 Å². The van der Waals surface area contributed by atoms with Gasteiger partial charge in [-0.2, -0.15) is 0 Å². The minimum absolute atomic E-state index is 0.0762. The zero-order valence-electron chi connectivity index (χ0n) is 14.2. The lowest BCUT2D eigenvalue weighted by Gasteiger charge is -2.10. The molecule has 0 aliphatic carbocycles. The van der Waals surface area contributed by atoms with Gasteiger partial charge in [0.25, 0.3) is 0 Å². The number of amides is 2. The normalized spacial score (nSPS) is 18.0. The summed E-state index contributed by atoms with van der Waals surface area (Å²) in [5.74, 6) is -0.424. The first-order chi connectivity index (χ1) is 12.5. The van der Waals surface area contributed by atoms with Gasteiger partial charge in [-0.15, -0.1) is 0 Å². The van der Waals surface area contributed by atoms with Gasteiger partial charge in [0.05, 0.1) is 6.54 Å². The zero-order chi connectivity index (χ0) is 18.5. The minimum Gasteiger partial charge on any atom is -0.326 e. The van der Waals surface area contributed by atoms with Gasteiger partial charge < -0.3 is 10.6 Å². The number of halogens is 1. The number of rotatable bonds is 5. The lowest BCUT2D eigenvalue weighted by molar-refractivity contribution is -0.122. The molecule has 26 heavy (non-hydrogen) atoms. The molecule has 1 heterocycles. The summed E-state index contributed by atoms with van der Waals surface area (Å²) in [5, 5.41) is 6.21. The van der Waals surface area contributed by atoms with Gasteiger partial charge in [0.2, 0.25) is 11.8 Å². The topological polar surface area (TPSA) is 70.6 Å². The number of hydrogen-bond acceptors (Lipinski definition) is 4. The summed E-state index contributed by atoms with van der Waals surface area (Å²) >= 11 is 7.35. The number of nitrogens with zero attached hydrogens (tertiary/aromatic N) is 1. The van der Waals surface area contributed by atoms with Crippen molar-refractivity contribution in [3.05, 3.63) is 64.7 Å². The van der Waals surface area contributed by atoms with Crippen LogP contribution in [0.2, 0.25) is 5.02 Å². The number of carbonyl (C=O) groups is 2. The summed E-state index contributed by atoms with van der Waals surface area (Å²) in [6, 6.07) is 15.1. The number of carbonyl (C=O) groups excluding carboxylic acids is 2. The van der Waals surface area contributed by atoms with E-state index in [2.05, 4.69) is 15.6 Å². The predicted molar refractivity (Wildman–Crippen MR) is 107 cm³/mol. The van der Waals surface area contributed by atoms with E-state index in [4.69, 9.17) is 11.6 Å². The number of benzene rings is 2. The van der Waals surface area contributed by atoms with Crippen LogP contribution in [0.1, 0.15) is 17.5 Å². The molecule has 7 heteroatoms. The lowest BCUT2D eigenvalue weighted by Crippen LogP contribution is -2.28. The van der Waals surface area contributed by atoms with Gasteiger partial charge >= 0.3 is 0 Å². The molecule has 1 saturated heterocycles. The third-order valence-electron chi connectivity index (χ3n) is 3.94. The van der Waals surface area contributed by atoms with Gasteiger partial charge in [-0.1, -0.05) is 59.8 Å². The SMILES string of the molecule is Cc1c(Cl)cccc1NC(=O)CC1SC(=NCc2ccccc2)NC1=O. The fourth-order valence-electron chi connectivity index (χ4n) is 2.47. The Morgan fingerprint density at radius 2 is 2.00 bits per heavy atom. The zero-order valence-corrected chi connectivity index (χ0v) is 15.7. The maximum atomic E-state index is 12.3. The van der Waals surface area contributed by atoms with Gasteiger partial charge in [0.15, 0.2) is 5.17 Å². The molecule has 0 bridgehead atoms. The van der Waals surface area contributed by atoms with Crippen molar-refractivity contribution in [3.63, 3.8) is 0 Å². The Kier molecular flexibility index (Phi) is 5.96. The second kappa shape index (κ2) is 8.38. The number of amidine groups is 1. The molecule has 2 amide bonds. The van der Waals surface area contributed by atoms with Crippen LogP contribution in [-0.2, 0) is 16.1 Å². The fraction of sp³-hybridized carbons (Fsp3) is 0.211. The second-order valence-corrected chi connectivity index (χ2v) is 7.47. The quantitative estimate of drug-likeness (QED) is 0.820. The highest BCUT2D eigenvalue weighted by molar-refractivity contribution is 8.15. The summed E-state index contributed by atoms with van der Waals surface area (Å²) in [6.45, 7) is 2.33. The third-order valence-corrected chi connectivity index (χ3v) is 5.47. The van der Waals surface area contributed by atoms with Crippen LogP contribution in [0.25, 0.3) is 0 Å². The molecule has 3 rings (SSSR count). The van der Waals surface area contributed by atoms with Crippen LogP contribution in [0.5, 0.6) is 0 Å². The molecule has 1 aliphatic rings. The van der Waals surface area contributed by atoms with Gasteiger partial charge in [0, 0.05) is 17.1 Å². The average molecular weight is 388 g/mol. The minimum atomic E-state index is -0.482. The summed E-state index contributed by atoms with van der Waals surface area (Å²) in [5.41, 5.74) is 2.52. The fourth-order valence-corrected chi connectivity index (χ4v) is 3.62.